The van der Waals surface area contributed by atoms with Crippen LogP contribution in [0, 0.1) is 6.92 Å². The van der Waals surface area contributed by atoms with E-state index in [0.717, 1.165) is 50.1 Å². The molecule has 1 N–H and O–H groups in total. The molecule has 4 heterocycles. The van der Waals surface area contributed by atoms with Crippen molar-refractivity contribution < 1.29 is 9.84 Å². The van der Waals surface area contributed by atoms with E-state index in [4.69, 9.17) is 21.3 Å². The van der Waals surface area contributed by atoms with Crippen molar-refractivity contribution in [1.29, 1.82) is 0 Å². The van der Waals surface area contributed by atoms with Crippen LogP contribution in [0.1, 0.15) is 29.7 Å². The van der Waals surface area contributed by atoms with Gasteiger partial charge >= 0.3 is 0 Å². The van der Waals surface area contributed by atoms with Gasteiger partial charge in [0.15, 0.2) is 0 Å². The van der Waals surface area contributed by atoms with Gasteiger partial charge in [-0.1, -0.05) is 29.8 Å². The summed E-state index contributed by atoms with van der Waals surface area (Å²) in [6, 6.07) is 14.9. The fraction of sp³-hybridized carbons (Fsp3) is 0.273. The monoisotopic (exact) mass is 611 g/mol. The Morgan fingerprint density at radius 2 is 1.82 bits per heavy atom. The molecule has 0 amide bonds. The van der Waals surface area contributed by atoms with Gasteiger partial charge in [-0.2, -0.15) is 10.2 Å². The van der Waals surface area contributed by atoms with E-state index in [9.17, 15) is 9.90 Å². The highest BCUT2D eigenvalue weighted by Crippen LogP contribution is 2.40. The summed E-state index contributed by atoms with van der Waals surface area (Å²) in [7, 11) is 5.26. The molecule has 0 saturated carbocycles. The first-order valence-corrected chi connectivity index (χ1v) is 14.8. The number of halogens is 1. The Morgan fingerprint density at radius 1 is 1.05 bits per heavy atom. The molecular weight excluding hydrogens is 578 g/mol. The largest absolute Gasteiger partial charge is 0.497 e. The van der Waals surface area contributed by atoms with Crippen molar-refractivity contribution in [3.63, 3.8) is 0 Å². The molecule has 2 aromatic carbocycles. The third kappa shape index (κ3) is 5.10. The third-order valence-corrected chi connectivity index (χ3v) is 8.30. The first kappa shape index (κ1) is 29.4. The number of hydrogen-bond acceptors (Lipinski definition) is 7. The molecule has 10 nitrogen and oxygen atoms in total. The maximum absolute atomic E-state index is 13.8. The predicted molar refractivity (Wildman–Crippen MR) is 173 cm³/mol. The van der Waals surface area contributed by atoms with Crippen LogP contribution in [-0.4, -0.2) is 47.9 Å². The minimum Gasteiger partial charge on any atom is -0.497 e. The van der Waals surface area contributed by atoms with E-state index in [1.54, 1.807) is 35.7 Å². The number of aryl methyl sites for hydroxylation is 4. The summed E-state index contributed by atoms with van der Waals surface area (Å²) in [5.41, 5.74) is 5.53. The lowest BCUT2D eigenvalue weighted by Crippen LogP contribution is -2.32. The van der Waals surface area contributed by atoms with Gasteiger partial charge in [0.1, 0.15) is 16.5 Å². The van der Waals surface area contributed by atoms with E-state index >= 15 is 0 Å². The fourth-order valence-corrected chi connectivity index (χ4v) is 6.18. The SMILES string of the molecule is CCn1ncc2c3c(C(CO)N(Cc4ccc(OC)cc4)c4ccc(Cl)nc4-c4cnn(C)c4)cc(C)cc3c(=O)n(C)c21. The van der Waals surface area contributed by atoms with Gasteiger partial charge in [0.25, 0.3) is 5.56 Å². The number of benzene rings is 2. The van der Waals surface area contributed by atoms with Crippen LogP contribution in [0.2, 0.25) is 5.15 Å². The number of ether oxygens (including phenoxy) is 1. The lowest BCUT2D eigenvalue weighted by Gasteiger charge is -2.35. The quantitative estimate of drug-likeness (QED) is 0.218. The van der Waals surface area contributed by atoms with Crippen LogP contribution >= 0.6 is 11.6 Å². The van der Waals surface area contributed by atoms with Crippen molar-refractivity contribution in [3.8, 4) is 17.0 Å². The Labute approximate surface area is 259 Å². The lowest BCUT2D eigenvalue weighted by molar-refractivity contribution is 0.260. The normalized spacial score (nSPS) is 12.2. The number of aliphatic hydroxyl groups excluding tert-OH is 1. The number of rotatable bonds is 9. The van der Waals surface area contributed by atoms with E-state index < -0.39 is 6.04 Å². The third-order valence-electron chi connectivity index (χ3n) is 8.09. The highest BCUT2D eigenvalue weighted by Gasteiger charge is 2.28. The average molecular weight is 612 g/mol. The molecular formula is C33H34ClN7O3. The number of pyridine rings is 2. The summed E-state index contributed by atoms with van der Waals surface area (Å²) in [6.45, 7) is 4.76. The first-order valence-electron chi connectivity index (χ1n) is 14.4. The zero-order valence-corrected chi connectivity index (χ0v) is 26.1. The van der Waals surface area contributed by atoms with E-state index in [0.29, 0.717) is 29.3 Å². The molecule has 6 rings (SSSR count). The van der Waals surface area contributed by atoms with Gasteiger partial charge in [-0.05, 0) is 60.9 Å². The number of anilines is 1. The van der Waals surface area contributed by atoms with E-state index in [1.165, 1.54) is 0 Å². The summed E-state index contributed by atoms with van der Waals surface area (Å²) >= 11 is 6.45. The Hall–Kier alpha value is -4.67. The summed E-state index contributed by atoms with van der Waals surface area (Å²) in [4.78, 5) is 20.6. The van der Waals surface area contributed by atoms with E-state index in [1.807, 2.05) is 74.4 Å². The van der Waals surface area contributed by atoms with Crippen LogP contribution in [0.25, 0.3) is 33.1 Å². The van der Waals surface area contributed by atoms with E-state index in [-0.39, 0.29) is 12.2 Å². The number of methoxy groups -OCH3 is 1. The lowest BCUT2D eigenvalue weighted by atomic mass is 9.93. The van der Waals surface area contributed by atoms with Crippen molar-refractivity contribution in [2.45, 2.75) is 33.0 Å². The number of aliphatic hydroxyl groups is 1. The van der Waals surface area contributed by atoms with Gasteiger partial charge in [0, 0.05) is 55.1 Å². The van der Waals surface area contributed by atoms with Crippen LogP contribution < -0.4 is 15.2 Å². The molecule has 6 aromatic rings. The van der Waals surface area contributed by atoms with Crippen molar-refractivity contribution in [2.24, 2.45) is 14.1 Å². The Morgan fingerprint density at radius 3 is 2.48 bits per heavy atom. The van der Waals surface area contributed by atoms with Crippen LogP contribution in [0.5, 0.6) is 5.75 Å². The Bertz CT molecular complexity index is 2050. The predicted octanol–water partition coefficient (Wildman–Crippen LogP) is 5.41. The van der Waals surface area contributed by atoms with Crippen molar-refractivity contribution in [2.75, 3.05) is 18.6 Å². The highest BCUT2D eigenvalue weighted by atomic mass is 35.5. The molecule has 0 saturated heterocycles. The number of fused-ring (bicyclic) bond motifs is 3. The molecule has 0 bridgehead atoms. The molecule has 0 aliphatic rings. The summed E-state index contributed by atoms with van der Waals surface area (Å²) in [5.74, 6) is 0.749. The van der Waals surface area contributed by atoms with Gasteiger partial charge in [-0.15, -0.1) is 0 Å². The van der Waals surface area contributed by atoms with Crippen molar-refractivity contribution in [3.05, 3.63) is 99.3 Å². The molecule has 44 heavy (non-hydrogen) atoms. The second kappa shape index (κ2) is 11.8. The summed E-state index contributed by atoms with van der Waals surface area (Å²) < 4.78 is 10.6. The molecule has 0 fully saturated rings. The van der Waals surface area contributed by atoms with Gasteiger partial charge in [-0.3, -0.25) is 14.0 Å². The number of nitrogens with zero attached hydrogens (tertiary/aromatic N) is 7. The van der Waals surface area contributed by atoms with Gasteiger partial charge in [0.2, 0.25) is 0 Å². The molecule has 1 atom stereocenters. The minimum atomic E-state index is -0.571. The van der Waals surface area contributed by atoms with E-state index in [2.05, 4.69) is 21.2 Å². The smallest absolute Gasteiger partial charge is 0.259 e. The van der Waals surface area contributed by atoms with Gasteiger partial charge < -0.3 is 14.7 Å². The molecule has 0 spiro atoms. The van der Waals surface area contributed by atoms with Crippen LogP contribution in [-0.2, 0) is 27.2 Å². The molecule has 0 radical (unpaired) electrons. The Kier molecular flexibility index (Phi) is 7.87. The van der Waals surface area contributed by atoms with Gasteiger partial charge in [-0.25, -0.2) is 9.67 Å². The van der Waals surface area contributed by atoms with Crippen LogP contribution in [0.15, 0.2) is 71.9 Å². The zero-order chi connectivity index (χ0) is 31.1. The molecule has 0 aliphatic heterocycles. The van der Waals surface area contributed by atoms with Crippen molar-refractivity contribution >= 4 is 39.1 Å². The molecule has 11 heteroatoms. The maximum atomic E-state index is 13.8. The molecule has 1 unspecified atom stereocenters. The molecule has 4 aromatic heterocycles. The summed E-state index contributed by atoms with van der Waals surface area (Å²) in [5, 5.41) is 22.8. The van der Waals surface area contributed by atoms with Crippen LogP contribution in [0.3, 0.4) is 0 Å². The molecule has 0 aliphatic carbocycles. The highest BCUT2D eigenvalue weighted by molar-refractivity contribution is 6.29. The van der Waals surface area contributed by atoms with Gasteiger partial charge in [0.05, 0.1) is 43.5 Å². The van der Waals surface area contributed by atoms with Crippen molar-refractivity contribution in [1.82, 2.24) is 29.1 Å². The topological polar surface area (TPSA) is 103 Å². The second-order valence-electron chi connectivity index (χ2n) is 10.9. The first-order chi connectivity index (χ1) is 21.2. The Balaban J connectivity index is 1.64. The minimum absolute atomic E-state index is 0.116. The maximum Gasteiger partial charge on any atom is 0.259 e. The second-order valence-corrected chi connectivity index (χ2v) is 11.3. The number of hydrogen-bond donors (Lipinski definition) is 1. The standard InChI is InChI=1S/C33H34ClN7O3/c1-6-41-32-26(16-36-41)30-24(13-20(2)14-25(30)33(43)39(32)4)28(19-42)40(17-21-7-9-23(44-5)10-8-21)27-11-12-29(34)37-31(27)22-15-35-38(3)18-22/h7-16,18,28,42H,6,17,19H2,1-5H3. The molecule has 226 valence electrons. The fourth-order valence-electron chi connectivity index (χ4n) is 6.04. The van der Waals surface area contributed by atoms with Crippen LogP contribution in [0.4, 0.5) is 5.69 Å². The summed E-state index contributed by atoms with van der Waals surface area (Å²) in [6.07, 6.45) is 5.44. The number of aromatic nitrogens is 6. The zero-order valence-electron chi connectivity index (χ0n) is 25.3. The average Bonchev–Trinajstić information content (AvgIpc) is 3.66.